The largest absolute Gasteiger partial charge is 0.462 e. The lowest BCUT2D eigenvalue weighted by molar-refractivity contribution is 0.0514. The maximum atomic E-state index is 14.0. The summed E-state index contributed by atoms with van der Waals surface area (Å²) in [5, 5.41) is 0. The van der Waals surface area contributed by atoms with Gasteiger partial charge in [-0.25, -0.2) is 8.78 Å². The predicted molar refractivity (Wildman–Crippen MR) is 120 cm³/mol. The van der Waals surface area contributed by atoms with Gasteiger partial charge in [-0.15, -0.1) is 0 Å². The molecule has 5 heteroatoms. The van der Waals surface area contributed by atoms with Crippen molar-refractivity contribution in [2.24, 2.45) is 0 Å². The average molecular weight is 418 g/mol. The van der Waals surface area contributed by atoms with Crippen molar-refractivity contribution in [1.29, 1.82) is 0 Å². The number of nitrogens with two attached hydrogens (primary N) is 1. The molecule has 0 aliphatic carbocycles. The summed E-state index contributed by atoms with van der Waals surface area (Å²) in [5.74, 6) is -0.917. The molecule has 1 unspecified atom stereocenters. The SMILES string of the molecule is Cc1cc(N)cc2c1OC1(C=C2)N(Cc2ccc(F)c(F)c2)c2ccccc2C1(C)C. The zero-order valence-corrected chi connectivity index (χ0v) is 17.7. The van der Waals surface area contributed by atoms with Gasteiger partial charge in [-0.2, -0.15) is 0 Å². The number of para-hydroxylation sites is 1. The number of nitrogen functional groups attached to an aromatic ring is 1. The number of anilines is 2. The fourth-order valence-corrected chi connectivity index (χ4v) is 4.94. The number of benzene rings is 3. The molecule has 158 valence electrons. The third-order valence-corrected chi connectivity index (χ3v) is 6.56. The minimum atomic E-state index is -0.852. The lowest BCUT2D eigenvalue weighted by Gasteiger charge is -2.47. The molecule has 0 amide bonds. The van der Waals surface area contributed by atoms with Crippen LogP contribution in [-0.4, -0.2) is 5.72 Å². The third-order valence-electron chi connectivity index (χ3n) is 6.56. The second-order valence-electron chi connectivity index (χ2n) is 8.86. The van der Waals surface area contributed by atoms with Crippen LogP contribution in [0, 0.1) is 18.6 Å². The van der Waals surface area contributed by atoms with Gasteiger partial charge in [0.1, 0.15) is 5.75 Å². The van der Waals surface area contributed by atoms with Crippen molar-refractivity contribution in [3.8, 4) is 5.75 Å². The van der Waals surface area contributed by atoms with Gasteiger partial charge in [0, 0.05) is 23.5 Å². The molecular formula is C26H24F2N2O. The van der Waals surface area contributed by atoms with Gasteiger partial charge < -0.3 is 15.4 Å². The topological polar surface area (TPSA) is 38.5 Å². The Morgan fingerprint density at radius 2 is 1.77 bits per heavy atom. The maximum Gasteiger partial charge on any atom is 0.212 e. The Balaban J connectivity index is 1.68. The van der Waals surface area contributed by atoms with Crippen LogP contribution in [0.3, 0.4) is 0 Å². The van der Waals surface area contributed by atoms with Gasteiger partial charge in [0.15, 0.2) is 11.6 Å². The molecule has 0 aromatic heterocycles. The first-order chi connectivity index (χ1) is 14.7. The molecule has 1 atom stereocenters. The Labute approximate surface area is 180 Å². The second kappa shape index (κ2) is 6.58. The van der Waals surface area contributed by atoms with E-state index in [9.17, 15) is 8.78 Å². The fraction of sp³-hybridized carbons (Fsp3) is 0.231. The van der Waals surface area contributed by atoms with Crippen molar-refractivity contribution < 1.29 is 13.5 Å². The Bertz CT molecular complexity index is 1230. The molecule has 0 saturated carbocycles. The molecule has 0 fully saturated rings. The van der Waals surface area contributed by atoms with Crippen LogP contribution in [-0.2, 0) is 12.0 Å². The molecule has 3 nitrogen and oxygen atoms in total. The lowest BCUT2D eigenvalue weighted by atomic mass is 9.76. The molecule has 3 aromatic rings. The van der Waals surface area contributed by atoms with Crippen LogP contribution in [0.1, 0.15) is 36.1 Å². The minimum Gasteiger partial charge on any atom is -0.462 e. The molecule has 5 rings (SSSR count). The van der Waals surface area contributed by atoms with Gasteiger partial charge >= 0.3 is 0 Å². The first-order valence-electron chi connectivity index (χ1n) is 10.3. The van der Waals surface area contributed by atoms with Gasteiger partial charge in [0.05, 0.1) is 5.41 Å². The second-order valence-corrected chi connectivity index (χ2v) is 8.86. The molecule has 2 heterocycles. The van der Waals surface area contributed by atoms with Crippen LogP contribution < -0.4 is 15.4 Å². The van der Waals surface area contributed by atoms with E-state index in [1.165, 1.54) is 12.1 Å². The first kappa shape index (κ1) is 19.6. The van der Waals surface area contributed by atoms with Gasteiger partial charge in [-0.3, -0.25) is 0 Å². The van der Waals surface area contributed by atoms with Crippen LogP contribution in [0.15, 0.2) is 60.7 Å². The molecule has 1 spiro atoms. The first-order valence-corrected chi connectivity index (χ1v) is 10.3. The van der Waals surface area contributed by atoms with Gasteiger partial charge in [-0.05, 0) is 79.9 Å². The molecule has 3 aromatic carbocycles. The molecular weight excluding hydrogens is 394 g/mol. The summed E-state index contributed by atoms with van der Waals surface area (Å²) in [6.07, 6.45) is 4.11. The molecule has 31 heavy (non-hydrogen) atoms. The highest BCUT2D eigenvalue weighted by molar-refractivity contribution is 5.74. The molecule has 0 saturated heterocycles. The van der Waals surface area contributed by atoms with Crippen molar-refractivity contribution in [3.63, 3.8) is 0 Å². The molecule has 0 bridgehead atoms. The van der Waals surface area contributed by atoms with Crippen molar-refractivity contribution in [1.82, 2.24) is 0 Å². The number of halogens is 2. The summed E-state index contributed by atoms with van der Waals surface area (Å²) in [6, 6.07) is 16.0. The van der Waals surface area contributed by atoms with Gasteiger partial charge in [-0.1, -0.05) is 24.3 Å². The van der Waals surface area contributed by atoms with Crippen molar-refractivity contribution in [2.75, 3.05) is 10.6 Å². The molecule has 2 N–H and O–H groups in total. The monoisotopic (exact) mass is 418 g/mol. The highest BCUT2D eigenvalue weighted by atomic mass is 19.2. The van der Waals surface area contributed by atoms with E-state index in [0.29, 0.717) is 17.8 Å². The van der Waals surface area contributed by atoms with E-state index in [1.807, 2.05) is 43.3 Å². The van der Waals surface area contributed by atoms with Crippen LogP contribution in [0.4, 0.5) is 20.2 Å². The number of ether oxygens (including phenoxy) is 1. The smallest absolute Gasteiger partial charge is 0.212 e. The normalized spacial score (nSPS) is 20.5. The Hall–Kier alpha value is -3.34. The Morgan fingerprint density at radius 1 is 1.00 bits per heavy atom. The summed E-state index contributed by atoms with van der Waals surface area (Å²) < 4.78 is 34.3. The number of rotatable bonds is 2. The van der Waals surface area contributed by atoms with Crippen molar-refractivity contribution >= 4 is 17.5 Å². The number of aryl methyl sites for hydroxylation is 1. The highest BCUT2D eigenvalue weighted by Crippen LogP contribution is 2.55. The molecule has 2 aliphatic heterocycles. The minimum absolute atomic E-state index is 0.366. The molecule has 0 radical (unpaired) electrons. The van der Waals surface area contributed by atoms with E-state index in [4.69, 9.17) is 10.5 Å². The summed E-state index contributed by atoms with van der Waals surface area (Å²) in [7, 11) is 0. The van der Waals surface area contributed by atoms with E-state index in [1.54, 1.807) is 6.07 Å². The lowest BCUT2D eigenvalue weighted by Crippen LogP contribution is -2.59. The summed E-state index contributed by atoms with van der Waals surface area (Å²) in [5.41, 5.74) is 10.2. The third kappa shape index (κ3) is 2.76. The van der Waals surface area contributed by atoms with Crippen molar-refractivity contribution in [2.45, 2.75) is 38.5 Å². The summed E-state index contributed by atoms with van der Waals surface area (Å²) >= 11 is 0. The summed E-state index contributed by atoms with van der Waals surface area (Å²) in [6.45, 7) is 6.65. The molecule has 2 aliphatic rings. The van der Waals surface area contributed by atoms with E-state index in [0.717, 1.165) is 28.1 Å². The van der Waals surface area contributed by atoms with Crippen LogP contribution in [0.25, 0.3) is 6.08 Å². The zero-order valence-electron chi connectivity index (χ0n) is 17.7. The van der Waals surface area contributed by atoms with E-state index < -0.39 is 22.8 Å². The number of fused-ring (bicyclic) bond motifs is 2. The van der Waals surface area contributed by atoms with Crippen molar-refractivity contribution in [3.05, 3.63) is 94.6 Å². The van der Waals surface area contributed by atoms with E-state index in [-0.39, 0.29) is 0 Å². The zero-order chi connectivity index (χ0) is 22.0. The summed E-state index contributed by atoms with van der Waals surface area (Å²) in [4.78, 5) is 2.14. The number of nitrogens with zero attached hydrogens (tertiary/aromatic N) is 1. The van der Waals surface area contributed by atoms with Gasteiger partial charge in [0.25, 0.3) is 0 Å². The standard InChI is InChI=1S/C26H24F2N2O/c1-16-12-19(29)14-18-10-11-26(31-24(16)18)25(2,3)20-6-4-5-7-23(20)30(26)15-17-8-9-21(27)22(28)13-17/h4-14H,15,29H2,1-3H3. The highest BCUT2D eigenvalue weighted by Gasteiger charge is 2.58. The fourth-order valence-electron chi connectivity index (χ4n) is 4.94. The number of hydrogen-bond acceptors (Lipinski definition) is 3. The number of hydrogen-bond donors (Lipinski definition) is 1. The Kier molecular flexibility index (Phi) is 4.16. The maximum absolute atomic E-state index is 14.0. The van der Waals surface area contributed by atoms with Crippen LogP contribution in [0.5, 0.6) is 5.75 Å². The average Bonchev–Trinajstić information content (AvgIpc) is 2.90. The quantitative estimate of drug-likeness (QED) is 0.522. The van der Waals surface area contributed by atoms with Crippen LogP contribution >= 0.6 is 0 Å². The predicted octanol–water partition coefficient (Wildman–Crippen LogP) is 5.96. The Morgan fingerprint density at radius 3 is 2.55 bits per heavy atom. The van der Waals surface area contributed by atoms with E-state index >= 15 is 0 Å². The van der Waals surface area contributed by atoms with Crippen LogP contribution in [0.2, 0.25) is 0 Å². The van der Waals surface area contributed by atoms with E-state index in [2.05, 4.69) is 30.9 Å². The van der Waals surface area contributed by atoms with Gasteiger partial charge in [0.2, 0.25) is 5.72 Å².